The molecule has 0 saturated heterocycles. The highest BCUT2D eigenvalue weighted by Crippen LogP contribution is 2.40. The van der Waals surface area contributed by atoms with E-state index in [2.05, 4.69) is 23.8 Å². The third kappa shape index (κ3) is 7.24. The van der Waals surface area contributed by atoms with Crippen molar-refractivity contribution >= 4 is 0 Å². The zero-order chi connectivity index (χ0) is 32.3. The van der Waals surface area contributed by atoms with E-state index in [0.29, 0.717) is 29.5 Å². The molecule has 0 bridgehead atoms. The molecule has 1 nitrogen and oxygen atoms in total. The number of halogens is 8. The van der Waals surface area contributed by atoms with Gasteiger partial charge < -0.3 is 4.74 Å². The fourth-order valence-corrected chi connectivity index (χ4v) is 5.77. The Morgan fingerprint density at radius 1 is 0.689 bits per heavy atom. The van der Waals surface area contributed by atoms with Crippen LogP contribution in [-0.4, -0.2) is 0 Å². The molecule has 4 aromatic rings. The summed E-state index contributed by atoms with van der Waals surface area (Å²) in [7, 11) is 0. The molecule has 0 atom stereocenters. The van der Waals surface area contributed by atoms with Gasteiger partial charge in [0.1, 0.15) is 28.8 Å². The minimum absolute atomic E-state index is 0.110. The minimum atomic E-state index is -4.75. The quantitative estimate of drug-likeness (QED) is 0.102. The number of hydrogen-bond acceptors (Lipinski definition) is 1. The first kappa shape index (κ1) is 32.3. The summed E-state index contributed by atoms with van der Waals surface area (Å²) in [5.41, 5.74) is 0.00465. The Bertz CT molecular complexity index is 1640. The second kappa shape index (κ2) is 13.5. The molecule has 0 radical (unpaired) electrons. The summed E-state index contributed by atoms with van der Waals surface area (Å²) < 4.78 is 118. The van der Waals surface area contributed by atoms with E-state index in [-0.39, 0.29) is 23.3 Å². The van der Waals surface area contributed by atoms with Crippen molar-refractivity contribution in [2.24, 2.45) is 5.92 Å². The van der Waals surface area contributed by atoms with Gasteiger partial charge in [-0.3, -0.25) is 0 Å². The van der Waals surface area contributed by atoms with Crippen LogP contribution >= 0.6 is 0 Å². The number of allylic oxidation sites excluding steroid dienone is 2. The van der Waals surface area contributed by atoms with Crippen LogP contribution in [0.15, 0.2) is 78.9 Å². The molecule has 5 rings (SSSR count). The first-order valence-electron chi connectivity index (χ1n) is 14.7. The molecule has 1 saturated carbocycles. The Hall–Kier alpha value is -4.14. The van der Waals surface area contributed by atoms with Gasteiger partial charge in [0.05, 0.1) is 0 Å². The van der Waals surface area contributed by atoms with Gasteiger partial charge in [-0.2, -0.15) is 8.78 Å². The lowest BCUT2D eigenvalue weighted by Crippen LogP contribution is -2.25. The summed E-state index contributed by atoms with van der Waals surface area (Å²) in [4.78, 5) is 0. The highest BCUT2D eigenvalue weighted by atomic mass is 19.3. The summed E-state index contributed by atoms with van der Waals surface area (Å²) in [6.07, 6.45) is 6.57. The first-order valence-corrected chi connectivity index (χ1v) is 14.7. The molecule has 45 heavy (non-hydrogen) atoms. The second-order valence-electron chi connectivity index (χ2n) is 11.3. The Balaban J connectivity index is 1.31. The van der Waals surface area contributed by atoms with Gasteiger partial charge in [-0.05, 0) is 84.4 Å². The molecule has 0 unspecified atom stereocenters. The summed E-state index contributed by atoms with van der Waals surface area (Å²) >= 11 is 0. The molecule has 1 aliphatic carbocycles. The molecule has 0 N–H and O–H groups in total. The first-order chi connectivity index (χ1) is 21.5. The SMILES string of the molecule is CCCC=CC1CCC(c2ccc(-c3ccc(-c4cc(F)c(C(F)(F)Oc5cc(F)c(F)c(F)c5)c(F)c4)c(F)c3)cc2)CC1. The molecule has 9 heteroatoms. The Morgan fingerprint density at radius 3 is 1.84 bits per heavy atom. The predicted octanol–water partition coefficient (Wildman–Crippen LogP) is 11.6. The van der Waals surface area contributed by atoms with Gasteiger partial charge in [-0.25, -0.2) is 26.3 Å². The van der Waals surface area contributed by atoms with E-state index in [4.69, 9.17) is 0 Å². The largest absolute Gasteiger partial charge is 0.432 e. The van der Waals surface area contributed by atoms with Crippen molar-refractivity contribution < 1.29 is 39.9 Å². The van der Waals surface area contributed by atoms with Gasteiger partial charge in [0.15, 0.2) is 17.5 Å². The maximum Gasteiger partial charge on any atom is 0.432 e. The van der Waals surface area contributed by atoms with Gasteiger partial charge >= 0.3 is 6.11 Å². The lowest BCUT2D eigenvalue weighted by atomic mass is 9.78. The fourth-order valence-electron chi connectivity index (χ4n) is 5.77. The fraction of sp³-hybridized carbons (Fsp3) is 0.278. The van der Waals surface area contributed by atoms with Crippen LogP contribution in [0.2, 0.25) is 0 Å². The van der Waals surface area contributed by atoms with E-state index >= 15 is 4.39 Å². The number of alkyl halides is 2. The molecule has 1 aliphatic rings. The van der Waals surface area contributed by atoms with Crippen LogP contribution < -0.4 is 4.74 Å². The highest BCUT2D eigenvalue weighted by Gasteiger charge is 2.41. The van der Waals surface area contributed by atoms with Crippen LogP contribution in [0.4, 0.5) is 35.1 Å². The van der Waals surface area contributed by atoms with E-state index in [0.717, 1.165) is 44.1 Å². The number of rotatable bonds is 9. The van der Waals surface area contributed by atoms with Gasteiger partial charge in [0, 0.05) is 17.7 Å². The van der Waals surface area contributed by atoms with Crippen LogP contribution in [0.5, 0.6) is 5.75 Å². The van der Waals surface area contributed by atoms with Crippen molar-refractivity contribution in [2.45, 2.75) is 57.5 Å². The summed E-state index contributed by atoms with van der Waals surface area (Å²) in [5, 5.41) is 0. The van der Waals surface area contributed by atoms with Gasteiger partial charge in [0.2, 0.25) is 0 Å². The average Bonchev–Trinajstić information content (AvgIpc) is 2.99. The van der Waals surface area contributed by atoms with E-state index < -0.39 is 52.3 Å². The molecule has 0 amide bonds. The van der Waals surface area contributed by atoms with Crippen LogP contribution in [-0.2, 0) is 6.11 Å². The molecular formula is C36H30F8O. The van der Waals surface area contributed by atoms with Crippen molar-refractivity contribution in [1.82, 2.24) is 0 Å². The van der Waals surface area contributed by atoms with Crippen LogP contribution in [0.25, 0.3) is 22.3 Å². The van der Waals surface area contributed by atoms with Crippen molar-refractivity contribution in [3.05, 3.63) is 125 Å². The minimum Gasteiger partial charge on any atom is -0.429 e. The molecule has 4 aromatic carbocycles. The number of benzene rings is 4. The van der Waals surface area contributed by atoms with Crippen molar-refractivity contribution in [2.75, 3.05) is 0 Å². The summed E-state index contributed by atoms with van der Waals surface area (Å²) in [6, 6.07) is 13.1. The summed E-state index contributed by atoms with van der Waals surface area (Å²) in [5.74, 6) is -10.1. The van der Waals surface area contributed by atoms with Gasteiger partial charge in [-0.1, -0.05) is 61.9 Å². The number of ether oxygens (including phenoxy) is 1. The van der Waals surface area contributed by atoms with Crippen LogP contribution in [0.1, 0.15) is 62.5 Å². The summed E-state index contributed by atoms with van der Waals surface area (Å²) in [6.45, 7) is 2.16. The highest BCUT2D eigenvalue weighted by molar-refractivity contribution is 5.71. The Kier molecular flexibility index (Phi) is 9.65. The number of hydrogen-bond donors (Lipinski definition) is 0. The lowest BCUT2D eigenvalue weighted by molar-refractivity contribution is -0.189. The van der Waals surface area contributed by atoms with E-state index in [9.17, 15) is 30.7 Å². The van der Waals surface area contributed by atoms with E-state index in [1.807, 2.05) is 24.3 Å². The Labute approximate surface area is 256 Å². The zero-order valence-corrected chi connectivity index (χ0v) is 24.3. The van der Waals surface area contributed by atoms with Crippen molar-refractivity contribution in [1.29, 1.82) is 0 Å². The van der Waals surface area contributed by atoms with Gasteiger partial charge in [0.25, 0.3) is 0 Å². The van der Waals surface area contributed by atoms with Crippen LogP contribution in [0.3, 0.4) is 0 Å². The lowest BCUT2D eigenvalue weighted by Gasteiger charge is -2.27. The standard InChI is InChI=1S/C36H30F8O/c1-2-3-4-5-21-6-8-22(9-7-21)23-10-12-24(13-11-23)25-14-15-28(29(37)16-25)26-17-30(38)34(31(39)18-26)36(43,44)45-27-19-32(40)35(42)33(41)20-27/h4-5,10-22H,2-3,6-9H2,1H3. The van der Waals surface area contributed by atoms with E-state index in [1.165, 1.54) is 17.7 Å². The third-order valence-corrected chi connectivity index (χ3v) is 8.17. The average molecular weight is 631 g/mol. The Morgan fingerprint density at radius 2 is 1.27 bits per heavy atom. The smallest absolute Gasteiger partial charge is 0.429 e. The normalized spacial score (nSPS) is 17.2. The van der Waals surface area contributed by atoms with Gasteiger partial charge in [-0.15, -0.1) is 0 Å². The van der Waals surface area contributed by atoms with E-state index in [1.54, 1.807) is 6.07 Å². The molecule has 0 aliphatic heterocycles. The molecule has 0 aromatic heterocycles. The third-order valence-electron chi connectivity index (χ3n) is 8.17. The second-order valence-corrected chi connectivity index (χ2v) is 11.3. The molecular weight excluding hydrogens is 600 g/mol. The van der Waals surface area contributed by atoms with Crippen molar-refractivity contribution in [3.8, 4) is 28.0 Å². The monoisotopic (exact) mass is 630 g/mol. The maximum atomic E-state index is 15.2. The maximum absolute atomic E-state index is 15.2. The molecule has 0 spiro atoms. The zero-order valence-electron chi connectivity index (χ0n) is 24.3. The number of unbranched alkanes of at least 4 members (excludes halogenated alkanes) is 1. The molecule has 236 valence electrons. The molecule has 1 fully saturated rings. The topological polar surface area (TPSA) is 9.23 Å². The van der Waals surface area contributed by atoms with Crippen molar-refractivity contribution in [3.63, 3.8) is 0 Å². The predicted molar refractivity (Wildman–Crippen MR) is 157 cm³/mol. The molecule has 0 heterocycles. The van der Waals surface area contributed by atoms with Crippen LogP contribution in [0, 0.1) is 40.8 Å².